The van der Waals surface area contributed by atoms with Crippen LogP contribution in [0.5, 0.6) is 0 Å². The molecule has 1 nitrogen and oxygen atoms in total. The summed E-state index contributed by atoms with van der Waals surface area (Å²) in [4.78, 5) is 4.87. The Labute approximate surface area is 229 Å². The van der Waals surface area contributed by atoms with Gasteiger partial charge in [0, 0.05) is 48.4 Å². The second-order valence-electron chi connectivity index (χ2n) is 10.3. The smallest absolute Gasteiger partial charge is 0.0793 e. The van der Waals surface area contributed by atoms with Crippen LogP contribution in [-0.2, 0) is 0 Å². The van der Waals surface area contributed by atoms with Gasteiger partial charge in [0.25, 0.3) is 0 Å². The van der Waals surface area contributed by atoms with Gasteiger partial charge in [-0.2, -0.15) is 0 Å². The van der Waals surface area contributed by atoms with Gasteiger partial charge in [-0.15, -0.1) is 11.3 Å². The van der Waals surface area contributed by atoms with Crippen molar-refractivity contribution in [2.24, 2.45) is 0 Å². The van der Waals surface area contributed by atoms with Crippen LogP contribution in [0.4, 0.5) is 0 Å². The lowest BCUT2D eigenvalue weighted by Crippen LogP contribution is -1.89. The van der Waals surface area contributed by atoms with E-state index in [9.17, 15) is 0 Å². The number of benzene rings is 6. The average Bonchev–Trinajstić information content (AvgIpc) is 3.55. The highest BCUT2D eigenvalue weighted by molar-refractivity contribution is 7.26. The van der Waals surface area contributed by atoms with Crippen LogP contribution in [-0.4, -0.2) is 4.98 Å². The molecule has 9 rings (SSSR count). The van der Waals surface area contributed by atoms with E-state index in [-0.39, 0.29) is 0 Å². The standard InChI is InChI=1S/C37H21NS/c1-2-10-22(11-3-1)23-14-6-16-28-29-17-8-19-31(37(29)39-36(23)28)32-24-12-4-5-13-25(24)34-33-26(15-7-18-30(32)33)27-20-9-21-38-35(27)34/h1-21H. The largest absolute Gasteiger partial charge is 0.256 e. The molecule has 0 amide bonds. The third kappa shape index (κ3) is 2.81. The topological polar surface area (TPSA) is 12.9 Å². The molecule has 0 bridgehead atoms. The Morgan fingerprint density at radius 1 is 0.410 bits per heavy atom. The maximum atomic E-state index is 4.87. The van der Waals surface area contributed by atoms with Crippen LogP contribution in [0, 0.1) is 0 Å². The monoisotopic (exact) mass is 511 g/mol. The number of aromatic nitrogens is 1. The molecule has 0 saturated carbocycles. The third-order valence-electron chi connectivity index (χ3n) is 8.26. The minimum Gasteiger partial charge on any atom is -0.256 e. The maximum Gasteiger partial charge on any atom is 0.0793 e. The van der Waals surface area contributed by atoms with E-state index in [4.69, 9.17) is 4.98 Å². The lowest BCUT2D eigenvalue weighted by atomic mass is 9.88. The predicted molar refractivity (Wildman–Crippen MR) is 167 cm³/mol. The molecule has 2 aromatic heterocycles. The fourth-order valence-electron chi connectivity index (χ4n) is 6.67. The van der Waals surface area contributed by atoms with E-state index in [1.807, 2.05) is 17.5 Å². The molecule has 0 spiro atoms. The zero-order chi connectivity index (χ0) is 25.5. The Morgan fingerprint density at radius 2 is 1.00 bits per heavy atom. The summed E-state index contributed by atoms with van der Waals surface area (Å²) in [7, 11) is 0. The van der Waals surface area contributed by atoms with Gasteiger partial charge in [-0.25, -0.2) is 0 Å². The second kappa shape index (κ2) is 7.86. The highest BCUT2D eigenvalue weighted by Crippen LogP contribution is 2.54. The number of hydrogen-bond acceptors (Lipinski definition) is 2. The molecule has 0 saturated heterocycles. The summed E-state index contributed by atoms with van der Waals surface area (Å²) in [5, 5.41) is 7.82. The van der Waals surface area contributed by atoms with E-state index < -0.39 is 0 Å². The fraction of sp³-hybridized carbons (Fsp3) is 0. The molecular weight excluding hydrogens is 490 g/mol. The normalized spacial score (nSPS) is 12.1. The summed E-state index contributed by atoms with van der Waals surface area (Å²) >= 11 is 1.92. The van der Waals surface area contributed by atoms with Crippen molar-refractivity contribution in [1.29, 1.82) is 0 Å². The first-order chi connectivity index (χ1) is 19.4. The van der Waals surface area contributed by atoms with Crippen LogP contribution in [0.1, 0.15) is 0 Å². The van der Waals surface area contributed by atoms with Crippen LogP contribution in [0.3, 0.4) is 0 Å². The lowest BCUT2D eigenvalue weighted by Gasteiger charge is -2.15. The Morgan fingerprint density at radius 3 is 1.79 bits per heavy atom. The summed E-state index contributed by atoms with van der Waals surface area (Å²) < 4.78 is 2.69. The molecule has 0 fully saturated rings. The van der Waals surface area contributed by atoms with E-state index in [1.54, 1.807) is 0 Å². The number of rotatable bonds is 2. The van der Waals surface area contributed by atoms with Crippen molar-refractivity contribution in [2.45, 2.75) is 0 Å². The minimum atomic E-state index is 1.10. The van der Waals surface area contributed by atoms with Crippen molar-refractivity contribution in [1.82, 2.24) is 4.98 Å². The van der Waals surface area contributed by atoms with Crippen molar-refractivity contribution in [2.75, 3.05) is 0 Å². The molecule has 0 aliphatic heterocycles. The molecule has 2 heterocycles. The van der Waals surface area contributed by atoms with Gasteiger partial charge >= 0.3 is 0 Å². The first-order valence-corrected chi connectivity index (χ1v) is 14.1. The van der Waals surface area contributed by atoms with Crippen LogP contribution < -0.4 is 0 Å². The highest BCUT2D eigenvalue weighted by atomic mass is 32.1. The van der Waals surface area contributed by atoms with Gasteiger partial charge < -0.3 is 0 Å². The zero-order valence-electron chi connectivity index (χ0n) is 21.0. The second-order valence-corrected chi connectivity index (χ2v) is 11.3. The van der Waals surface area contributed by atoms with Gasteiger partial charge in [0.05, 0.1) is 5.69 Å². The van der Waals surface area contributed by atoms with Gasteiger partial charge in [-0.1, -0.05) is 115 Å². The van der Waals surface area contributed by atoms with Crippen LogP contribution in [0.25, 0.3) is 86.4 Å². The van der Waals surface area contributed by atoms with Crippen LogP contribution in [0.2, 0.25) is 0 Å². The van der Waals surface area contributed by atoms with Crippen molar-refractivity contribution in [3.63, 3.8) is 0 Å². The number of pyridine rings is 1. The van der Waals surface area contributed by atoms with Crippen molar-refractivity contribution < 1.29 is 0 Å². The van der Waals surface area contributed by atoms with Crippen molar-refractivity contribution in [3.8, 4) is 44.6 Å². The quantitative estimate of drug-likeness (QED) is 0.210. The summed E-state index contributed by atoms with van der Waals surface area (Å²) in [5.74, 6) is 0. The molecule has 0 radical (unpaired) electrons. The number of fused-ring (bicyclic) bond motifs is 8. The van der Waals surface area contributed by atoms with E-state index in [1.165, 1.54) is 80.7 Å². The molecule has 0 atom stereocenters. The summed E-state index contributed by atoms with van der Waals surface area (Å²) in [6.45, 7) is 0. The average molecular weight is 512 g/mol. The van der Waals surface area contributed by atoms with E-state index >= 15 is 0 Å². The first-order valence-electron chi connectivity index (χ1n) is 13.3. The Balaban J connectivity index is 1.44. The molecule has 2 heteroatoms. The third-order valence-corrected chi connectivity index (χ3v) is 9.55. The Bertz CT molecular complexity index is 2270. The van der Waals surface area contributed by atoms with E-state index in [2.05, 4.69) is 121 Å². The van der Waals surface area contributed by atoms with Crippen LogP contribution >= 0.6 is 11.3 Å². The molecule has 8 aromatic rings. The number of thiophene rings is 1. The molecular formula is C37H21NS. The SMILES string of the molecule is c1ccc(-c2cccc3c2sc2c(-c4c5ccccc5c5c6c(cccc46)-c4cccnc4-5)cccc23)cc1. The first kappa shape index (κ1) is 21.2. The molecule has 1 aliphatic rings. The van der Waals surface area contributed by atoms with Gasteiger partial charge in [0.1, 0.15) is 0 Å². The summed E-state index contributed by atoms with van der Waals surface area (Å²) in [6.07, 6.45) is 1.92. The van der Waals surface area contributed by atoms with E-state index in [0.717, 1.165) is 5.69 Å². The molecule has 0 N–H and O–H groups in total. The minimum absolute atomic E-state index is 1.10. The molecule has 39 heavy (non-hydrogen) atoms. The summed E-state index contributed by atoms with van der Waals surface area (Å²) in [5.41, 5.74) is 10.1. The summed E-state index contributed by atoms with van der Waals surface area (Å²) in [6, 6.07) is 44.2. The maximum absolute atomic E-state index is 4.87. The van der Waals surface area contributed by atoms with Gasteiger partial charge in [0.15, 0.2) is 0 Å². The van der Waals surface area contributed by atoms with Crippen molar-refractivity contribution in [3.05, 3.63) is 128 Å². The molecule has 1 aliphatic carbocycles. The molecule has 180 valence electrons. The predicted octanol–water partition coefficient (Wildman–Crippen LogP) is 10.7. The Hall–Kier alpha value is -4.79. The molecule has 0 unspecified atom stereocenters. The van der Waals surface area contributed by atoms with Gasteiger partial charge in [-0.3, -0.25) is 4.98 Å². The van der Waals surface area contributed by atoms with Gasteiger partial charge in [0.2, 0.25) is 0 Å². The van der Waals surface area contributed by atoms with Crippen LogP contribution in [0.15, 0.2) is 128 Å². The Kier molecular flexibility index (Phi) is 4.27. The zero-order valence-corrected chi connectivity index (χ0v) is 21.8. The fourth-order valence-corrected chi connectivity index (χ4v) is 8.03. The highest BCUT2D eigenvalue weighted by Gasteiger charge is 2.27. The number of hydrogen-bond donors (Lipinski definition) is 0. The van der Waals surface area contributed by atoms with Gasteiger partial charge in [-0.05, 0) is 44.5 Å². The molecule has 6 aromatic carbocycles. The van der Waals surface area contributed by atoms with Crippen molar-refractivity contribution >= 4 is 53.1 Å². The number of nitrogens with zero attached hydrogens (tertiary/aromatic N) is 1. The van der Waals surface area contributed by atoms with E-state index in [0.29, 0.717) is 0 Å². The lowest BCUT2D eigenvalue weighted by molar-refractivity contribution is 1.35.